The van der Waals surface area contributed by atoms with E-state index in [4.69, 9.17) is 10.5 Å². The smallest absolute Gasteiger partial charge is 0.150 e. The summed E-state index contributed by atoms with van der Waals surface area (Å²) < 4.78 is 0.336. The maximum Gasteiger partial charge on any atom is 0.150 e. The SMILES string of the molecule is N#CC(C#N)=C(S)SS. The second kappa shape index (κ2) is 4.63. The van der Waals surface area contributed by atoms with E-state index in [0.717, 1.165) is 10.8 Å². The lowest BCUT2D eigenvalue weighted by Crippen LogP contribution is -1.71. The third-order valence-electron chi connectivity index (χ3n) is 0.524. The molecule has 0 heterocycles. The average Bonchev–Trinajstić information content (AvgIpc) is 1.90. The maximum atomic E-state index is 8.20. The molecule has 0 aliphatic rings. The van der Waals surface area contributed by atoms with Gasteiger partial charge in [0.05, 0.1) is 4.24 Å². The zero-order chi connectivity index (χ0) is 7.28. The van der Waals surface area contributed by atoms with Crippen LogP contribution in [0.2, 0.25) is 0 Å². The molecule has 0 rings (SSSR count). The van der Waals surface area contributed by atoms with Crippen LogP contribution in [0.25, 0.3) is 0 Å². The lowest BCUT2D eigenvalue weighted by atomic mass is 10.4. The molecule has 5 heteroatoms. The number of hydrogen-bond donors (Lipinski definition) is 2. The van der Waals surface area contributed by atoms with Crippen molar-refractivity contribution in [1.82, 2.24) is 0 Å². The maximum absolute atomic E-state index is 8.20. The first-order chi connectivity index (χ1) is 4.26. The molecule has 0 aromatic carbocycles. The third kappa shape index (κ3) is 2.71. The van der Waals surface area contributed by atoms with Crippen LogP contribution in [0.4, 0.5) is 0 Å². The fraction of sp³-hybridized carbons (Fsp3) is 0. The van der Waals surface area contributed by atoms with Crippen molar-refractivity contribution in [2.45, 2.75) is 0 Å². The number of thiol groups is 2. The topological polar surface area (TPSA) is 47.6 Å². The zero-order valence-corrected chi connectivity index (χ0v) is 6.80. The van der Waals surface area contributed by atoms with Crippen LogP contribution in [0.3, 0.4) is 0 Å². The predicted octanol–water partition coefficient (Wildman–Crippen LogP) is 1.75. The molecule has 0 amide bonds. The molecule has 9 heavy (non-hydrogen) atoms. The lowest BCUT2D eigenvalue weighted by molar-refractivity contribution is 1.47. The molecule has 0 aliphatic carbocycles. The summed E-state index contributed by atoms with van der Waals surface area (Å²) in [6.45, 7) is 0. The Morgan fingerprint density at radius 2 is 1.78 bits per heavy atom. The van der Waals surface area contributed by atoms with E-state index in [1.54, 1.807) is 12.1 Å². The summed E-state index contributed by atoms with van der Waals surface area (Å²) in [6, 6.07) is 3.35. The number of rotatable bonds is 1. The molecule has 0 N–H and O–H groups in total. The van der Waals surface area contributed by atoms with Crippen LogP contribution in [-0.4, -0.2) is 0 Å². The van der Waals surface area contributed by atoms with E-state index in [1.807, 2.05) is 0 Å². The highest BCUT2D eigenvalue weighted by atomic mass is 33.1. The van der Waals surface area contributed by atoms with Gasteiger partial charge in [0.1, 0.15) is 17.7 Å². The van der Waals surface area contributed by atoms with Gasteiger partial charge in [-0.05, 0) is 0 Å². The first-order valence-corrected chi connectivity index (χ1v) is 4.12. The number of nitrogens with zero attached hydrogens (tertiary/aromatic N) is 2. The number of nitriles is 2. The van der Waals surface area contributed by atoms with Crippen LogP contribution < -0.4 is 0 Å². The van der Waals surface area contributed by atoms with E-state index >= 15 is 0 Å². The summed E-state index contributed by atoms with van der Waals surface area (Å²) in [5.74, 6) is 0. The molecule has 0 radical (unpaired) electrons. The second-order valence-electron chi connectivity index (χ2n) is 0.995. The summed E-state index contributed by atoms with van der Waals surface area (Å²) in [5, 5.41) is 16.4. The minimum atomic E-state index is -0.00154. The van der Waals surface area contributed by atoms with Crippen LogP contribution >= 0.6 is 35.1 Å². The molecule has 0 bridgehead atoms. The zero-order valence-electron chi connectivity index (χ0n) is 4.20. The number of hydrogen-bond acceptors (Lipinski definition) is 5. The van der Waals surface area contributed by atoms with Crippen molar-refractivity contribution in [3.05, 3.63) is 9.81 Å². The van der Waals surface area contributed by atoms with E-state index in [0.29, 0.717) is 4.24 Å². The lowest BCUT2D eigenvalue weighted by Gasteiger charge is -1.86. The molecule has 0 atom stereocenters. The first-order valence-electron chi connectivity index (χ1n) is 1.81. The van der Waals surface area contributed by atoms with Gasteiger partial charge in [-0.25, -0.2) is 0 Å². The van der Waals surface area contributed by atoms with Crippen molar-refractivity contribution in [3.63, 3.8) is 0 Å². The molecule has 0 saturated heterocycles. The monoisotopic (exact) mass is 174 g/mol. The van der Waals surface area contributed by atoms with Gasteiger partial charge in [0.15, 0.2) is 0 Å². The largest absolute Gasteiger partial charge is 0.192 e. The first kappa shape index (κ1) is 8.77. The van der Waals surface area contributed by atoms with Gasteiger partial charge in [0.25, 0.3) is 0 Å². The molecule has 0 unspecified atom stereocenters. The van der Waals surface area contributed by atoms with Crippen LogP contribution in [0, 0.1) is 22.7 Å². The summed E-state index contributed by atoms with van der Waals surface area (Å²) in [4.78, 5) is 0. The molecule has 46 valence electrons. The van der Waals surface area contributed by atoms with Gasteiger partial charge >= 0.3 is 0 Å². The van der Waals surface area contributed by atoms with Gasteiger partial charge in [-0.15, -0.1) is 24.3 Å². The molecule has 0 spiro atoms. The normalized spacial score (nSPS) is 7.11. The Labute approximate surface area is 67.8 Å². The van der Waals surface area contributed by atoms with Crippen molar-refractivity contribution < 1.29 is 0 Å². The fourth-order valence-electron chi connectivity index (χ4n) is 0.166. The van der Waals surface area contributed by atoms with Crippen LogP contribution in [-0.2, 0) is 0 Å². The van der Waals surface area contributed by atoms with E-state index < -0.39 is 0 Å². The summed E-state index contributed by atoms with van der Waals surface area (Å²) in [6.07, 6.45) is 0. The Bertz CT molecular complexity index is 191. The van der Waals surface area contributed by atoms with Gasteiger partial charge < -0.3 is 0 Å². The molecule has 0 aromatic heterocycles. The summed E-state index contributed by atoms with van der Waals surface area (Å²) in [5.41, 5.74) is -0.00154. The Morgan fingerprint density at radius 3 is 1.89 bits per heavy atom. The molecule has 2 nitrogen and oxygen atoms in total. The molecular formula is C4H2N2S3. The quantitative estimate of drug-likeness (QED) is 0.362. The third-order valence-corrected chi connectivity index (χ3v) is 2.38. The highest BCUT2D eigenvalue weighted by Crippen LogP contribution is 2.25. The minimum absolute atomic E-state index is 0.00154. The highest BCUT2D eigenvalue weighted by molar-refractivity contribution is 8.72. The summed E-state index contributed by atoms with van der Waals surface area (Å²) in [7, 11) is 0.975. The Morgan fingerprint density at radius 1 is 1.33 bits per heavy atom. The van der Waals surface area contributed by atoms with Crippen molar-refractivity contribution >= 4 is 35.1 Å². The highest BCUT2D eigenvalue weighted by Gasteiger charge is 1.98. The molecule has 0 aromatic rings. The van der Waals surface area contributed by atoms with E-state index in [9.17, 15) is 0 Å². The molecule has 0 fully saturated rings. The van der Waals surface area contributed by atoms with Crippen molar-refractivity contribution in [2.24, 2.45) is 0 Å². The van der Waals surface area contributed by atoms with E-state index in [1.165, 1.54) is 0 Å². The van der Waals surface area contributed by atoms with Gasteiger partial charge in [-0.1, -0.05) is 10.8 Å². The van der Waals surface area contributed by atoms with Crippen LogP contribution in [0.15, 0.2) is 9.81 Å². The Balaban J connectivity index is 4.49. The second-order valence-corrected chi connectivity index (χ2v) is 2.88. The standard InChI is InChI=1S/C4H2N2S3/c5-1-3(2-6)4(7)9-8/h7-8H. The van der Waals surface area contributed by atoms with Crippen molar-refractivity contribution in [3.8, 4) is 12.1 Å². The minimum Gasteiger partial charge on any atom is -0.192 e. The van der Waals surface area contributed by atoms with Crippen LogP contribution in [0.1, 0.15) is 0 Å². The Hall–Kier alpha value is -0.230. The van der Waals surface area contributed by atoms with Gasteiger partial charge in [-0.2, -0.15) is 10.5 Å². The number of allylic oxidation sites excluding steroid dienone is 1. The van der Waals surface area contributed by atoms with Gasteiger partial charge in [0.2, 0.25) is 0 Å². The van der Waals surface area contributed by atoms with Gasteiger partial charge in [0, 0.05) is 0 Å². The van der Waals surface area contributed by atoms with E-state index in [-0.39, 0.29) is 5.57 Å². The predicted molar refractivity (Wildman–Crippen MR) is 43.8 cm³/mol. The van der Waals surface area contributed by atoms with Crippen LogP contribution in [0.5, 0.6) is 0 Å². The van der Waals surface area contributed by atoms with Crippen molar-refractivity contribution in [1.29, 1.82) is 10.5 Å². The fourth-order valence-corrected chi connectivity index (χ4v) is 0.723. The van der Waals surface area contributed by atoms with E-state index in [2.05, 4.69) is 24.3 Å². The molecular weight excluding hydrogens is 172 g/mol. The molecule has 0 saturated carbocycles. The van der Waals surface area contributed by atoms with Gasteiger partial charge in [-0.3, -0.25) is 0 Å². The van der Waals surface area contributed by atoms with Crippen molar-refractivity contribution in [2.75, 3.05) is 0 Å². The Kier molecular flexibility index (Phi) is 4.51. The average molecular weight is 174 g/mol. The molecule has 0 aliphatic heterocycles. The summed E-state index contributed by atoms with van der Waals surface area (Å²) >= 11 is 7.55.